The third kappa shape index (κ3) is 14.0. The Morgan fingerprint density at radius 3 is 2.27 bits per heavy atom. The summed E-state index contributed by atoms with van der Waals surface area (Å²) in [4.78, 5) is 0. The third-order valence-electron chi connectivity index (χ3n) is 3.43. The zero-order chi connectivity index (χ0) is 18.4. The van der Waals surface area contributed by atoms with E-state index in [9.17, 15) is 8.42 Å². The molecule has 145 valence electrons. The van der Waals surface area contributed by atoms with Crippen LogP contribution in [0.3, 0.4) is 0 Å². The quantitative estimate of drug-likeness (QED) is 0.255. The van der Waals surface area contributed by atoms with Gasteiger partial charge in [-0.3, -0.25) is 0 Å². The molecule has 1 aromatic carbocycles. The van der Waals surface area contributed by atoms with Crippen LogP contribution in [0.15, 0.2) is 30.3 Å². The van der Waals surface area contributed by atoms with Gasteiger partial charge in [0, 0.05) is 29.6 Å². The molecule has 0 aromatic heterocycles. The first-order chi connectivity index (χ1) is 12.0. The minimum absolute atomic E-state index is 0. The fraction of sp³-hybridized carbons (Fsp3) is 0.667. The van der Waals surface area contributed by atoms with Crippen molar-refractivity contribution in [2.24, 2.45) is 0 Å². The Kier molecular flexibility index (Phi) is 15.8. The van der Waals surface area contributed by atoms with Gasteiger partial charge in [-0.15, -0.1) is 0 Å². The van der Waals surface area contributed by atoms with E-state index in [1.807, 2.05) is 30.3 Å². The zero-order valence-corrected chi connectivity index (χ0v) is 19.0. The van der Waals surface area contributed by atoms with E-state index in [-0.39, 0.29) is 42.8 Å². The molecule has 0 fully saturated rings. The minimum atomic E-state index is -4.03. The summed E-state index contributed by atoms with van der Waals surface area (Å²) in [5, 5.41) is 0. The maximum Gasteiger partial charge on any atom is 0.402 e. The smallest absolute Gasteiger partial charge is 0.402 e. The average molecular weight is 397 g/mol. The zero-order valence-electron chi connectivity index (χ0n) is 16.2. The maximum absolute atomic E-state index is 11.7. The molecule has 0 aliphatic rings. The van der Waals surface area contributed by atoms with Gasteiger partial charge in [0.25, 0.3) is 0 Å². The molecule has 1 unspecified atom stereocenters. The van der Waals surface area contributed by atoms with Crippen molar-refractivity contribution in [3.05, 3.63) is 30.3 Å². The second-order valence-corrected chi connectivity index (χ2v) is 6.94. The van der Waals surface area contributed by atoms with Gasteiger partial charge in [-0.1, -0.05) is 57.2 Å². The predicted octanol–water partition coefficient (Wildman–Crippen LogP) is 3.69. The van der Waals surface area contributed by atoms with Crippen molar-refractivity contribution in [3.8, 4) is 5.75 Å². The summed E-state index contributed by atoms with van der Waals surface area (Å²) in [6.07, 6.45) is 5.41. The van der Waals surface area contributed by atoms with E-state index < -0.39 is 16.7 Å². The van der Waals surface area contributed by atoms with Gasteiger partial charge in [0.2, 0.25) is 0 Å². The Morgan fingerprint density at radius 2 is 1.58 bits per heavy atom. The van der Waals surface area contributed by atoms with Crippen molar-refractivity contribution in [1.82, 2.24) is 0 Å². The molecule has 1 radical (unpaired) electrons. The second kappa shape index (κ2) is 15.9. The Labute approximate surface area is 180 Å². The SMILES string of the molecule is CCCCCCCCOS(=O)(=O)OC(C)OCCOc1ccccc1.[Na]. The van der Waals surface area contributed by atoms with Crippen LogP contribution in [0.5, 0.6) is 5.75 Å². The monoisotopic (exact) mass is 397 g/mol. The molecule has 1 aromatic rings. The van der Waals surface area contributed by atoms with E-state index in [4.69, 9.17) is 17.8 Å². The number of rotatable bonds is 15. The Hall–Kier alpha value is -0.150. The van der Waals surface area contributed by atoms with Crippen LogP contribution >= 0.6 is 0 Å². The number of hydrogen-bond donors (Lipinski definition) is 0. The number of unbranched alkanes of at least 4 members (excludes halogenated alkanes) is 5. The molecule has 0 heterocycles. The molecule has 0 amide bonds. The van der Waals surface area contributed by atoms with Gasteiger partial charge in [-0.05, 0) is 25.5 Å². The fourth-order valence-corrected chi connectivity index (χ4v) is 2.92. The maximum atomic E-state index is 11.7. The van der Waals surface area contributed by atoms with Gasteiger partial charge >= 0.3 is 10.4 Å². The summed E-state index contributed by atoms with van der Waals surface area (Å²) in [5.41, 5.74) is 0. The van der Waals surface area contributed by atoms with E-state index in [1.54, 1.807) is 0 Å². The first kappa shape index (κ1) is 25.9. The van der Waals surface area contributed by atoms with Gasteiger partial charge in [-0.25, -0.2) is 8.37 Å². The van der Waals surface area contributed by atoms with Crippen LogP contribution in [0.1, 0.15) is 52.4 Å². The van der Waals surface area contributed by atoms with Crippen LogP contribution < -0.4 is 4.74 Å². The molecule has 0 spiro atoms. The summed E-state index contributed by atoms with van der Waals surface area (Å²) >= 11 is 0. The van der Waals surface area contributed by atoms with Crippen LogP contribution in [0.4, 0.5) is 0 Å². The number of ether oxygens (including phenoxy) is 2. The van der Waals surface area contributed by atoms with Crippen molar-refractivity contribution in [3.63, 3.8) is 0 Å². The molecular weight excluding hydrogens is 367 g/mol. The van der Waals surface area contributed by atoms with Gasteiger partial charge in [0.05, 0.1) is 13.2 Å². The first-order valence-corrected chi connectivity index (χ1v) is 10.2. The summed E-state index contributed by atoms with van der Waals surface area (Å²) in [7, 11) is -4.03. The summed E-state index contributed by atoms with van der Waals surface area (Å²) in [6, 6.07) is 9.31. The predicted molar refractivity (Wildman–Crippen MR) is 102 cm³/mol. The largest absolute Gasteiger partial charge is 0.491 e. The van der Waals surface area contributed by atoms with Gasteiger partial charge < -0.3 is 9.47 Å². The van der Waals surface area contributed by atoms with E-state index in [0.717, 1.165) is 18.6 Å². The van der Waals surface area contributed by atoms with Crippen LogP contribution in [0.2, 0.25) is 0 Å². The Balaban J connectivity index is 0.00000625. The van der Waals surface area contributed by atoms with Gasteiger partial charge in [0.1, 0.15) is 12.4 Å². The number of hydrogen-bond acceptors (Lipinski definition) is 6. The minimum Gasteiger partial charge on any atom is -0.491 e. The molecule has 8 heteroatoms. The fourth-order valence-electron chi connectivity index (χ4n) is 2.16. The molecule has 1 rings (SSSR count). The molecule has 26 heavy (non-hydrogen) atoms. The Morgan fingerprint density at radius 1 is 0.923 bits per heavy atom. The average Bonchev–Trinajstić information content (AvgIpc) is 2.58. The molecule has 0 saturated heterocycles. The van der Waals surface area contributed by atoms with Crippen LogP contribution in [0.25, 0.3) is 0 Å². The van der Waals surface area contributed by atoms with Crippen LogP contribution in [-0.4, -0.2) is 64.1 Å². The second-order valence-electron chi connectivity index (χ2n) is 5.69. The standard InChI is InChI=1S/C18H30O6S.Na/c1-3-4-5-6-7-11-14-23-25(19,20)24-17(2)21-15-16-22-18-12-9-8-10-13-18;/h8-10,12-13,17H,3-7,11,14-16H2,1-2H3;. The number of benzene rings is 1. The summed E-state index contributed by atoms with van der Waals surface area (Å²) < 4.78 is 43.7. The number of para-hydroxylation sites is 1. The van der Waals surface area contributed by atoms with Gasteiger partial charge in [-0.2, -0.15) is 8.42 Å². The van der Waals surface area contributed by atoms with E-state index >= 15 is 0 Å². The third-order valence-corrected chi connectivity index (χ3v) is 4.39. The van der Waals surface area contributed by atoms with Crippen LogP contribution in [-0.2, 0) is 23.5 Å². The molecule has 0 aliphatic heterocycles. The van der Waals surface area contributed by atoms with E-state index in [1.165, 1.54) is 26.2 Å². The summed E-state index contributed by atoms with van der Waals surface area (Å²) in [5.74, 6) is 0.731. The molecule has 0 saturated carbocycles. The molecule has 6 nitrogen and oxygen atoms in total. The van der Waals surface area contributed by atoms with Crippen molar-refractivity contribution in [2.75, 3.05) is 19.8 Å². The van der Waals surface area contributed by atoms with Gasteiger partial charge in [0.15, 0.2) is 6.29 Å². The van der Waals surface area contributed by atoms with Crippen molar-refractivity contribution in [2.45, 2.75) is 58.7 Å². The summed E-state index contributed by atoms with van der Waals surface area (Å²) in [6.45, 7) is 4.32. The molecule has 1 atom stereocenters. The van der Waals surface area contributed by atoms with Crippen LogP contribution in [0, 0.1) is 0 Å². The first-order valence-electron chi connectivity index (χ1n) is 8.90. The van der Waals surface area contributed by atoms with Crippen molar-refractivity contribution in [1.29, 1.82) is 0 Å². The van der Waals surface area contributed by atoms with Crippen molar-refractivity contribution >= 4 is 40.0 Å². The van der Waals surface area contributed by atoms with Crippen molar-refractivity contribution < 1.29 is 26.3 Å². The molecule has 0 aliphatic carbocycles. The van der Waals surface area contributed by atoms with E-state index in [2.05, 4.69) is 6.92 Å². The molecule has 0 bridgehead atoms. The molecular formula is C18H30NaO6S. The normalized spacial score (nSPS) is 12.4. The molecule has 0 N–H and O–H groups in total. The van der Waals surface area contributed by atoms with E-state index in [0.29, 0.717) is 13.0 Å². The Bertz CT molecular complexity index is 538. The topological polar surface area (TPSA) is 71.1 Å².